The zero-order valence-corrected chi connectivity index (χ0v) is 13.1. The Bertz CT molecular complexity index is 738. The number of hydrogen-bond acceptors (Lipinski definition) is 5. The lowest BCUT2D eigenvalue weighted by atomic mass is 10.3. The summed E-state index contributed by atoms with van der Waals surface area (Å²) >= 11 is 0. The predicted molar refractivity (Wildman–Crippen MR) is 79.0 cm³/mol. The molecule has 0 saturated heterocycles. The average molecular weight is 309 g/mol. The van der Waals surface area contributed by atoms with Crippen LogP contribution in [0.4, 0.5) is 0 Å². The monoisotopic (exact) mass is 309 g/mol. The van der Waals surface area contributed by atoms with Gasteiger partial charge in [-0.2, -0.15) is 4.31 Å². The summed E-state index contributed by atoms with van der Waals surface area (Å²) in [7, 11) is -2.10. The van der Waals surface area contributed by atoms with E-state index in [2.05, 4.69) is 4.98 Å². The molecule has 0 saturated carbocycles. The summed E-state index contributed by atoms with van der Waals surface area (Å²) in [4.78, 5) is 4.47. The molecule has 6 nitrogen and oxygen atoms in total. The maximum atomic E-state index is 12.6. The molecule has 7 heteroatoms. The molecule has 2 aromatic heterocycles. The standard InChI is InChI=1S/C14H19N3O3S/c1-10-5-4-6-12(16-10)9-17(3)21(18,19)14-7-13(8-15)20-11(14)2/h4-7H,8-9,15H2,1-3H3. The zero-order chi connectivity index (χ0) is 15.6. The summed E-state index contributed by atoms with van der Waals surface area (Å²) in [5.41, 5.74) is 7.03. The molecule has 0 aliphatic heterocycles. The van der Waals surface area contributed by atoms with Crippen LogP contribution < -0.4 is 5.73 Å². The molecule has 0 bridgehead atoms. The first-order valence-corrected chi connectivity index (χ1v) is 7.97. The van der Waals surface area contributed by atoms with Crippen LogP contribution in [-0.2, 0) is 23.1 Å². The first-order chi connectivity index (χ1) is 9.84. The van der Waals surface area contributed by atoms with Crippen LogP contribution in [0.1, 0.15) is 22.9 Å². The predicted octanol–water partition coefficient (Wildman–Crippen LogP) is 1.57. The van der Waals surface area contributed by atoms with Gasteiger partial charge in [0.25, 0.3) is 0 Å². The molecule has 21 heavy (non-hydrogen) atoms. The van der Waals surface area contributed by atoms with E-state index in [1.54, 1.807) is 13.0 Å². The number of nitrogens with two attached hydrogens (primary N) is 1. The quantitative estimate of drug-likeness (QED) is 0.905. The van der Waals surface area contributed by atoms with Crippen LogP contribution in [-0.4, -0.2) is 24.8 Å². The third kappa shape index (κ3) is 3.31. The summed E-state index contributed by atoms with van der Waals surface area (Å²) in [6.45, 7) is 3.85. The number of aromatic nitrogens is 1. The second-order valence-corrected chi connectivity index (χ2v) is 6.88. The van der Waals surface area contributed by atoms with Gasteiger partial charge >= 0.3 is 0 Å². The highest BCUT2D eigenvalue weighted by Crippen LogP contribution is 2.23. The molecular formula is C14H19N3O3S. The van der Waals surface area contributed by atoms with Crippen LogP contribution in [0.3, 0.4) is 0 Å². The summed E-state index contributed by atoms with van der Waals surface area (Å²) in [5.74, 6) is 0.799. The Morgan fingerprint density at radius 2 is 2.05 bits per heavy atom. The summed E-state index contributed by atoms with van der Waals surface area (Å²) in [6, 6.07) is 7.00. The molecule has 0 aliphatic rings. The van der Waals surface area contributed by atoms with E-state index in [4.69, 9.17) is 10.2 Å². The van der Waals surface area contributed by atoms with E-state index in [1.165, 1.54) is 17.4 Å². The van der Waals surface area contributed by atoms with Crippen LogP contribution in [0.2, 0.25) is 0 Å². The maximum Gasteiger partial charge on any atom is 0.246 e. The van der Waals surface area contributed by atoms with Gasteiger partial charge in [0.2, 0.25) is 10.0 Å². The third-order valence-corrected chi connectivity index (χ3v) is 5.05. The second kappa shape index (κ2) is 5.97. The van der Waals surface area contributed by atoms with Gasteiger partial charge in [0, 0.05) is 18.8 Å². The van der Waals surface area contributed by atoms with Crippen molar-refractivity contribution in [2.75, 3.05) is 7.05 Å². The van der Waals surface area contributed by atoms with Gasteiger partial charge in [-0.15, -0.1) is 0 Å². The number of sulfonamides is 1. The van der Waals surface area contributed by atoms with Crippen molar-refractivity contribution in [2.24, 2.45) is 5.73 Å². The fraction of sp³-hybridized carbons (Fsp3) is 0.357. The molecule has 0 amide bonds. The zero-order valence-electron chi connectivity index (χ0n) is 12.3. The minimum Gasteiger partial charge on any atom is -0.464 e. The molecule has 0 fully saturated rings. The van der Waals surface area contributed by atoms with E-state index in [1.807, 2.05) is 19.1 Å². The Balaban J connectivity index is 2.28. The molecule has 0 spiro atoms. The summed E-state index contributed by atoms with van der Waals surface area (Å²) < 4.78 is 31.7. The van der Waals surface area contributed by atoms with Gasteiger partial charge in [0.05, 0.1) is 18.8 Å². The van der Waals surface area contributed by atoms with E-state index in [9.17, 15) is 8.42 Å². The number of hydrogen-bond donors (Lipinski definition) is 1. The lowest BCUT2D eigenvalue weighted by Crippen LogP contribution is -2.27. The van der Waals surface area contributed by atoms with Crippen molar-refractivity contribution in [2.45, 2.75) is 31.8 Å². The molecule has 0 radical (unpaired) electrons. The van der Waals surface area contributed by atoms with Gasteiger partial charge < -0.3 is 10.2 Å². The maximum absolute atomic E-state index is 12.6. The highest BCUT2D eigenvalue weighted by atomic mass is 32.2. The molecular weight excluding hydrogens is 290 g/mol. The molecule has 0 unspecified atom stereocenters. The fourth-order valence-corrected chi connectivity index (χ4v) is 3.37. The topological polar surface area (TPSA) is 89.4 Å². The van der Waals surface area contributed by atoms with Crippen molar-refractivity contribution in [3.05, 3.63) is 47.2 Å². The first-order valence-electron chi connectivity index (χ1n) is 6.53. The average Bonchev–Trinajstić information content (AvgIpc) is 2.80. The number of aryl methyl sites for hydroxylation is 2. The van der Waals surface area contributed by atoms with E-state index < -0.39 is 10.0 Å². The molecule has 114 valence electrons. The molecule has 2 rings (SSSR count). The van der Waals surface area contributed by atoms with E-state index in [0.29, 0.717) is 17.2 Å². The Hall–Kier alpha value is -1.70. The molecule has 0 aromatic carbocycles. The van der Waals surface area contributed by atoms with Crippen LogP contribution in [0, 0.1) is 13.8 Å². The van der Waals surface area contributed by atoms with Crippen molar-refractivity contribution in [3.63, 3.8) is 0 Å². The van der Waals surface area contributed by atoms with Gasteiger partial charge in [0.15, 0.2) is 0 Å². The molecule has 2 aromatic rings. The molecule has 0 atom stereocenters. The van der Waals surface area contributed by atoms with Crippen LogP contribution in [0.25, 0.3) is 0 Å². The largest absolute Gasteiger partial charge is 0.464 e. The Labute approximate surface area is 124 Å². The van der Waals surface area contributed by atoms with Crippen LogP contribution >= 0.6 is 0 Å². The van der Waals surface area contributed by atoms with Gasteiger partial charge in [-0.3, -0.25) is 4.98 Å². The Morgan fingerprint density at radius 1 is 1.33 bits per heavy atom. The van der Waals surface area contributed by atoms with E-state index in [0.717, 1.165) is 5.69 Å². The Morgan fingerprint density at radius 3 is 2.62 bits per heavy atom. The van der Waals surface area contributed by atoms with Crippen LogP contribution in [0.15, 0.2) is 33.6 Å². The minimum atomic E-state index is -3.63. The summed E-state index contributed by atoms with van der Waals surface area (Å²) in [6.07, 6.45) is 0. The third-order valence-electron chi connectivity index (χ3n) is 3.14. The van der Waals surface area contributed by atoms with Gasteiger partial charge in [0.1, 0.15) is 16.4 Å². The first kappa shape index (κ1) is 15.7. The highest BCUT2D eigenvalue weighted by molar-refractivity contribution is 7.89. The molecule has 2 N–H and O–H groups in total. The van der Waals surface area contributed by atoms with Crippen molar-refractivity contribution in [3.8, 4) is 0 Å². The number of furan rings is 1. The lowest BCUT2D eigenvalue weighted by molar-refractivity contribution is 0.453. The molecule has 2 heterocycles. The number of nitrogens with zero attached hydrogens (tertiary/aromatic N) is 2. The highest BCUT2D eigenvalue weighted by Gasteiger charge is 2.26. The van der Waals surface area contributed by atoms with Crippen molar-refractivity contribution < 1.29 is 12.8 Å². The smallest absolute Gasteiger partial charge is 0.246 e. The van der Waals surface area contributed by atoms with Gasteiger partial charge in [-0.25, -0.2) is 8.42 Å². The minimum absolute atomic E-state index is 0.151. The normalized spacial score (nSPS) is 12.0. The van der Waals surface area contributed by atoms with Crippen LogP contribution in [0.5, 0.6) is 0 Å². The summed E-state index contributed by atoms with van der Waals surface area (Å²) in [5, 5.41) is 0. The van der Waals surface area contributed by atoms with Gasteiger partial charge in [-0.1, -0.05) is 6.07 Å². The van der Waals surface area contributed by atoms with E-state index >= 15 is 0 Å². The fourth-order valence-electron chi connectivity index (χ4n) is 2.05. The van der Waals surface area contributed by atoms with Crippen molar-refractivity contribution in [1.82, 2.24) is 9.29 Å². The molecule has 0 aliphatic carbocycles. The van der Waals surface area contributed by atoms with Crippen molar-refractivity contribution in [1.29, 1.82) is 0 Å². The van der Waals surface area contributed by atoms with Gasteiger partial charge in [-0.05, 0) is 26.0 Å². The second-order valence-electron chi connectivity index (χ2n) is 4.87. The number of pyridine rings is 1. The number of rotatable bonds is 5. The van der Waals surface area contributed by atoms with Crippen molar-refractivity contribution >= 4 is 10.0 Å². The lowest BCUT2D eigenvalue weighted by Gasteiger charge is -2.16. The Kier molecular flexibility index (Phi) is 4.46. The van der Waals surface area contributed by atoms with E-state index in [-0.39, 0.29) is 18.0 Å². The SMILES string of the molecule is Cc1cccc(CN(C)S(=O)(=O)c2cc(CN)oc2C)n1.